The van der Waals surface area contributed by atoms with E-state index < -0.39 is 10.0 Å². The van der Waals surface area contributed by atoms with Crippen LogP contribution in [-0.2, 0) is 16.4 Å². The number of amides is 2. The summed E-state index contributed by atoms with van der Waals surface area (Å²) in [5, 5.41) is 2.94. The highest BCUT2D eigenvalue weighted by atomic mass is 32.2. The first-order chi connectivity index (χ1) is 15.8. The first-order valence-corrected chi connectivity index (χ1v) is 12.5. The van der Waals surface area contributed by atoms with Crippen LogP contribution in [0.15, 0.2) is 58.4 Å². The fourth-order valence-corrected chi connectivity index (χ4v) is 5.57. The highest BCUT2D eigenvalue weighted by molar-refractivity contribution is 7.89. The quantitative estimate of drug-likeness (QED) is 0.599. The van der Waals surface area contributed by atoms with Crippen LogP contribution in [0.5, 0.6) is 0 Å². The average Bonchev–Trinajstić information content (AvgIpc) is 3.40. The number of anilines is 1. The van der Waals surface area contributed by atoms with Crippen molar-refractivity contribution >= 4 is 27.7 Å². The molecule has 10 heteroatoms. The van der Waals surface area contributed by atoms with Gasteiger partial charge >= 0.3 is 6.03 Å². The molecule has 2 aliphatic rings. The Morgan fingerprint density at radius 3 is 2.70 bits per heavy atom. The van der Waals surface area contributed by atoms with Gasteiger partial charge in [-0.25, -0.2) is 22.5 Å². The lowest BCUT2D eigenvalue weighted by molar-refractivity contribution is 0.246. The molecule has 2 aromatic carbocycles. The number of benzene rings is 2. The minimum Gasteiger partial charge on any atom is -0.369 e. The third-order valence-electron chi connectivity index (χ3n) is 5.90. The van der Waals surface area contributed by atoms with Crippen molar-refractivity contribution in [1.82, 2.24) is 14.5 Å². The lowest BCUT2D eigenvalue weighted by atomic mass is 10.1. The summed E-state index contributed by atoms with van der Waals surface area (Å²) in [4.78, 5) is 20.9. The third-order valence-corrected chi connectivity index (χ3v) is 7.67. The maximum atomic E-state index is 13.3. The van der Waals surface area contributed by atoms with Crippen molar-refractivity contribution in [3.63, 3.8) is 0 Å². The molecule has 2 aromatic rings. The molecule has 1 unspecified atom stereocenters. The van der Waals surface area contributed by atoms with Crippen LogP contribution in [0.3, 0.4) is 0 Å². The van der Waals surface area contributed by atoms with Gasteiger partial charge in [0.2, 0.25) is 5.96 Å². The summed E-state index contributed by atoms with van der Waals surface area (Å²) in [5.74, 6) is -0.0110. The van der Waals surface area contributed by atoms with E-state index in [9.17, 15) is 13.2 Å². The molecule has 3 N–H and O–H groups in total. The second-order valence-electron chi connectivity index (χ2n) is 8.53. The van der Waals surface area contributed by atoms with Crippen LogP contribution >= 0.6 is 0 Å². The number of aliphatic imine (C=N–C) groups is 1. The number of carbonyl (C=O) groups excluding carboxylic acids is 1. The lowest BCUT2D eigenvalue weighted by Crippen LogP contribution is -2.40. The Balaban J connectivity index is 1.47. The number of hydrogen-bond acceptors (Lipinski definition) is 6. The van der Waals surface area contributed by atoms with Crippen molar-refractivity contribution < 1.29 is 13.2 Å². The fourth-order valence-electron chi connectivity index (χ4n) is 4.15. The third kappa shape index (κ3) is 4.81. The second kappa shape index (κ2) is 9.40. The van der Waals surface area contributed by atoms with Gasteiger partial charge in [-0.2, -0.15) is 0 Å². The molecule has 0 spiro atoms. The van der Waals surface area contributed by atoms with Crippen molar-refractivity contribution in [2.24, 2.45) is 10.7 Å². The molecule has 0 aromatic heterocycles. The van der Waals surface area contributed by atoms with E-state index in [0.29, 0.717) is 19.5 Å². The first-order valence-electron chi connectivity index (χ1n) is 11.0. The molecule has 2 aliphatic heterocycles. The number of urea groups is 1. The summed E-state index contributed by atoms with van der Waals surface area (Å²) in [6, 6.07) is 13.9. The van der Waals surface area contributed by atoms with Gasteiger partial charge in [0.25, 0.3) is 10.0 Å². The van der Waals surface area contributed by atoms with Crippen LogP contribution in [0.1, 0.15) is 23.6 Å². The summed E-state index contributed by atoms with van der Waals surface area (Å²) in [7, 11) is 0.127. The highest BCUT2D eigenvalue weighted by Gasteiger charge is 2.35. The predicted octanol–water partition coefficient (Wildman–Crippen LogP) is 1.77. The van der Waals surface area contributed by atoms with E-state index in [0.717, 1.165) is 34.1 Å². The average molecular weight is 471 g/mol. The zero-order valence-electron chi connectivity index (χ0n) is 18.9. The molecule has 0 aliphatic carbocycles. The predicted molar refractivity (Wildman–Crippen MR) is 129 cm³/mol. The fraction of sp³-hybridized carbons (Fsp3) is 0.391. The van der Waals surface area contributed by atoms with Gasteiger partial charge in [-0.15, -0.1) is 0 Å². The molecule has 0 radical (unpaired) electrons. The summed E-state index contributed by atoms with van der Waals surface area (Å²) < 4.78 is 27.8. The summed E-state index contributed by atoms with van der Waals surface area (Å²) in [5.41, 5.74) is 8.50. The number of rotatable bonds is 7. The zero-order valence-corrected chi connectivity index (χ0v) is 19.8. The Labute approximate surface area is 194 Å². The number of carbonyl (C=O) groups is 1. The monoisotopic (exact) mass is 470 g/mol. The Kier molecular flexibility index (Phi) is 6.57. The maximum absolute atomic E-state index is 13.3. The largest absolute Gasteiger partial charge is 0.369 e. The molecule has 0 saturated carbocycles. The number of fused-ring (bicyclic) bond motifs is 1. The lowest BCUT2D eigenvalue weighted by Gasteiger charge is -2.21. The molecule has 1 atom stereocenters. The number of nitrogens with one attached hydrogen (secondary N) is 1. The van der Waals surface area contributed by atoms with E-state index in [4.69, 9.17) is 5.73 Å². The topological polar surface area (TPSA) is 111 Å². The zero-order chi connectivity index (χ0) is 23.6. The molecular weight excluding hydrogens is 440 g/mol. The minimum atomic E-state index is -3.86. The van der Waals surface area contributed by atoms with Crippen LogP contribution in [0.2, 0.25) is 0 Å². The second-order valence-corrected chi connectivity index (χ2v) is 10.4. The van der Waals surface area contributed by atoms with Crippen LogP contribution in [0, 0.1) is 0 Å². The van der Waals surface area contributed by atoms with Crippen LogP contribution in [0.4, 0.5) is 10.5 Å². The van der Waals surface area contributed by atoms with Gasteiger partial charge in [0.15, 0.2) is 0 Å². The summed E-state index contributed by atoms with van der Waals surface area (Å²) >= 11 is 0. The molecule has 0 fully saturated rings. The van der Waals surface area contributed by atoms with Gasteiger partial charge in [0.05, 0.1) is 17.5 Å². The van der Waals surface area contributed by atoms with Crippen molar-refractivity contribution in [1.29, 1.82) is 0 Å². The van der Waals surface area contributed by atoms with Crippen molar-refractivity contribution in [2.75, 3.05) is 45.2 Å². The van der Waals surface area contributed by atoms with Gasteiger partial charge in [0, 0.05) is 18.8 Å². The molecule has 9 nitrogen and oxygen atoms in total. The Hall–Kier alpha value is -3.11. The van der Waals surface area contributed by atoms with Crippen LogP contribution in [-0.4, -0.2) is 69.9 Å². The molecule has 0 bridgehead atoms. The van der Waals surface area contributed by atoms with E-state index >= 15 is 0 Å². The Morgan fingerprint density at radius 1 is 1.21 bits per heavy atom. The van der Waals surface area contributed by atoms with Crippen LogP contribution < -0.4 is 16.0 Å². The molecule has 4 rings (SSSR count). The Bertz CT molecular complexity index is 1150. The molecule has 2 amide bonds. The molecular formula is C23H30N6O3S. The molecule has 33 heavy (non-hydrogen) atoms. The van der Waals surface area contributed by atoms with Crippen molar-refractivity contribution in [3.05, 3.63) is 59.7 Å². The first kappa shape index (κ1) is 23.1. The van der Waals surface area contributed by atoms with E-state index in [2.05, 4.69) is 15.2 Å². The van der Waals surface area contributed by atoms with Gasteiger partial charge in [0.1, 0.15) is 0 Å². The molecule has 2 heterocycles. The summed E-state index contributed by atoms with van der Waals surface area (Å²) in [6.45, 7) is 2.16. The van der Waals surface area contributed by atoms with E-state index in [1.54, 1.807) is 17.0 Å². The van der Waals surface area contributed by atoms with E-state index in [1.165, 1.54) is 6.07 Å². The minimum absolute atomic E-state index is 0.0110. The number of sulfonamides is 1. The molecule has 0 saturated heterocycles. The van der Waals surface area contributed by atoms with Gasteiger partial charge < -0.3 is 16.0 Å². The van der Waals surface area contributed by atoms with E-state index in [-0.39, 0.29) is 29.5 Å². The smallest absolute Gasteiger partial charge is 0.321 e. The van der Waals surface area contributed by atoms with Crippen LogP contribution in [0.25, 0.3) is 0 Å². The summed E-state index contributed by atoms with van der Waals surface area (Å²) in [6.07, 6.45) is 1.46. The SMILES string of the molecule is CN(C)CCCNC(=O)N1CCc2cc(S(=O)(=O)N3CC(c4ccccc4)N=C3N)ccc21. The van der Waals surface area contributed by atoms with Crippen molar-refractivity contribution in [2.45, 2.75) is 23.8 Å². The number of nitrogens with two attached hydrogens (primary N) is 1. The van der Waals surface area contributed by atoms with E-state index in [1.807, 2.05) is 44.4 Å². The Morgan fingerprint density at radius 2 is 1.97 bits per heavy atom. The normalized spacial score (nSPS) is 17.9. The van der Waals surface area contributed by atoms with Gasteiger partial charge in [-0.1, -0.05) is 30.3 Å². The molecule has 176 valence electrons. The highest BCUT2D eigenvalue weighted by Crippen LogP contribution is 2.33. The van der Waals surface area contributed by atoms with Gasteiger partial charge in [-0.05, 0) is 62.8 Å². The number of nitrogens with zero attached hydrogens (tertiary/aromatic N) is 4. The van der Waals surface area contributed by atoms with Gasteiger partial charge in [-0.3, -0.25) is 4.90 Å². The number of guanidine groups is 1. The van der Waals surface area contributed by atoms with Crippen molar-refractivity contribution in [3.8, 4) is 0 Å². The standard InChI is InChI=1S/C23H30N6O3S/c1-27(2)13-6-12-25-23(30)28-14-11-18-15-19(9-10-21(18)28)33(31,32)29-16-20(26-22(29)24)17-7-4-3-5-8-17/h3-5,7-10,15,20H,6,11-14,16H2,1-2H3,(H2,24,26)(H,25,30). The number of hydrogen-bond donors (Lipinski definition) is 2. The maximum Gasteiger partial charge on any atom is 0.321 e.